The van der Waals surface area contributed by atoms with E-state index in [4.69, 9.17) is 4.74 Å². The number of hydrogen-bond acceptors (Lipinski definition) is 7. The molecule has 1 fully saturated rings. The molecular weight excluding hydrogens is 548 g/mol. The van der Waals surface area contributed by atoms with E-state index in [9.17, 15) is 9.59 Å². The number of ether oxygens (including phenoxy) is 1. The fourth-order valence-electron chi connectivity index (χ4n) is 6.10. The Morgan fingerprint density at radius 2 is 1.86 bits per heavy atom. The smallest absolute Gasteiger partial charge is 0.251 e. The maximum absolute atomic E-state index is 14.4. The van der Waals surface area contributed by atoms with Crippen molar-refractivity contribution in [3.63, 3.8) is 0 Å². The van der Waals surface area contributed by atoms with Crippen molar-refractivity contribution in [3.05, 3.63) is 76.7 Å². The molecule has 2 aromatic carbocycles. The Hall–Kier alpha value is -4.05. The van der Waals surface area contributed by atoms with E-state index in [2.05, 4.69) is 26.8 Å². The van der Waals surface area contributed by atoms with Crippen molar-refractivity contribution in [1.29, 1.82) is 0 Å². The summed E-state index contributed by atoms with van der Waals surface area (Å²) < 4.78 is 5.68. The molecule has 0 radical (unpaired) electrons. The van der Waals surface area contributed by atoms with E-state index >= 15 is 0 Å². The molecule has 1 saturated carbocycles. The van der Waals surface area contributed by atoms with Gasteiger partial charge in [-0.3, -0.25) is 14.5 Å². The highest BCUT2D eigenvalue weighted by molar-refractivity contribution is 7.13. The Morgan fingerprint density at radius 1 is 1.05 bits per heavy atom. The molecule has 2 heterocycles. The third kappa shape index (κ3) is 6.09. The molecule has 2 amide bonds. The van der Waals surface area contributed by atoms with E-state index in [1.165, 1.54) is 21.7 Å². The molecule has 0 aliphatic heterocycles. The number of carbonyl (C=O) groups is 2. The van der Waals surface area contributed by atoms with E-state index in [0.29, 0.717) is 12.4 Å². The predicted octanol–water partition coefficient (Wildman–Crippen LogP) is 5.51. The molecule has 0 spiro atoms. The minimum Gasteiger partial charge on any atom is -0.494 e. The van der Waals surface area contributed by atoms with Crippen molar-refractivity contribution in [1.82, 2.24) is 25.5 Å². The van der Waals surface area contributed by atoms with E-state index in [0.717, 1.165) is 78.8 Å². The van der Waals surface area contributed by atoms with Crippen molar-refractivity contribution >= 4 is 28.8 Å². The topological polar surface area (TPSA) is 102 Å². The summed E-state index contributed by atoms with van der Waals surface area (Å²) >= 11 is 1.52. The van der Waals surface area contributed by atoms with Gasteiger partial charge in [0.25, 0.3) is 5.91 Å². The molecule has 0 unspecified atom stereocenters. The number of fused-ring (bicyclic) bond motifs is 1. The molecule has 4 aromatic rings. The number of thiophene rings is 1. The number of aryl methyl sites for hydroxylation is 1. The van der Waals surface area contributed by atoms with E-state index < -0.39 is 6.04 Å². The van der Waals surface area contributed by atoms with Crippen LogP contribution in [0.5, 0.6) is 5.75 Å². The van der Waals surface area contributed by atoms with Crippen LogP contribution in [-0.4, -0.2) is 44.7 Å². The highest BCUT2D eigenvalue weighted by atomic mass is 32.1. The van der Waals surface area contributed by atoms with Gasteiger partial charge >= 0.3 is 0 Å². The lowest BCUT2D eigenvalue weighted by Crippen LogP contribution is -2.47. The summed E-state index contributed by atoms with van der Waals surface area (Å²) in [6.45, 7) is 2.34. The molecule has 218 valence electrons. The summed E-state index contributed by atoms with van der Waals surface area (Å²) in [6, 6.07) is 16.7. The van der Waals surface area contributed by atoms with Gasteiger partial charge < -0.3 is 10.1 Å². The van der Waals surface area contributed by atoms with Crippen LogP contribution in [0.15, 0.2) is 60.0 Å². The highest BCUT2D eigenvalue weighted by Gasteiger charge is 2.36. The molecular formula is C32H36N6O3S. The molecule has 9 nitrogen and oxygen atoms in total. The number of benzene rings is 2. The van der Waals surface area contributed by atoms with Crippen LogP contribution in [0.25, 0.3) is 10.7 Å². The molecule has 6 rings (SSSR count). The number of nitrogens with one attached hydrogen (secondary N) is 1. The van der Waals surface area contributed by atoms with Crippen LogP contribution in [-0.2, 0) is 29.0 Å². The van der Waals surface area contributed by atoms with Gasteiger partial charge in [0.2, 0.25) is 11.7 Å². The van der Waals surface area contributed by atoms with Gasteiger partial charge in [-0.25, -0.2) is 0 Å². The quantitative estimate of drug-likeness (QED) is 0.264. The van der Waals surface area contributed by atoms with Crippen molar-refractivity contribution < 1.29 is 14.3 Å². The van der Waals surface area contributed by atoms with Crippen molar-refractivity contribution in [3.8, 4) is 16.5 Å². The second-order valence-corrected chi connectivity index (χ2v) is 11.8. The maximum Gasteiger partial charge on any atom is 0.251 e. The van der Waals surface area contributed by atoms with Gasteiger partial charge in [0.1, 0.15) is 18.3 Å². The van der Waals surface area contributed by atoms with Gasteiger partial charge in [-0.05, 0) is 97.0 Å². The summed E-state index contributed by atoms with van der Waals surface area (Å²) in [7, 11) is 0. The molecule has 10 heteroatoms. The zero-order valence-electron chi connectivity index (χ0n) is 23.9. The van der Waals surface area contributed by atoms with Crippen molar-refractivity contribution in [2.45, 2.75) is 76.9 Å². The number of hydrogen-bond donors (Lipinski definition) is 1. The zero-order chi connectivity index (χ0) is 28.9. The maximum atomic E-state index is 14.4. The Morgan fingerprint density at radius 3 is 2.62 bits per heavy atom. The fourth-order valence-corrected chi connectivity index (χ4v) is 6.75. The van der Waals surface area contributed by atoms with Gasteiger partial charge in [0, 0.05) is 11.7 Å². The van der Waals surface area contributed by atoms with Crippen LogP contribution in [0.4, 0.5) is 5.69 Å². The summed E-state index contributed by atoms with van der Waals surface area (Å²) in [5.41, 5.74) is 3.86. The lowest BCUT2D eigenvalue weighted by atomic mass is 9.89. The summed E-state index contributed by atoms with van der Waals surface area (Å²) in [6.07, 6.45) is 8.07. The van der Waals surface area contributed by atoms with Gasteiger partial charge in [0.15, 0.2) is 0 Å². The molecule has 1 atom stereocenters. The number of aromatic nitrogens is 4. The van der Waals surface area contributed by atoms with Crippen molar-refractivity contribution in [2.75, 3.05) is 11.5 Å². The van der Waals surface area contributed by atoms with Gasteiger partial charge in [-0.2, -0.15) is 4.80 Å². The molecule has 0 saturated heterocycles. The third-order valence-electron chi connectivity index (χ3n) is 8.09. The SMILES string of the molecule is CCOc1ccc([C@H](C(=O)NC2CCCC2)N(C(=O)Cn2nnc(-c3cccs3)n2)c2cccc3c2CCCC3)cc1. The number of tetrazole rings is 1. The minimum absolute atomic E-state index is 0.106. The Balaban J connectivity index is 1.41. The largest absolute Gasteiger partial charge is 0.494 e. The molecule has 0 bridgehead atoms. The average molecular weight is 585 g/mol. The first-order valence-electron chi connectivity index (χ1n) is 14.9. The van der Waals surface area contributed by atoms with Crippen LogP contribution in [0.2, 0.25) is 0 Å². The molecule has 42 heavy (non-hydrogen) atoms. The lowest BCUT2D eigenvalue weighted by Gasteiger charge is -2.35. The van der Waals surface area contributed by atoms with Crippen molar-refractivity contribution in [2.24, 2.45) is 0 Å². The van der Waals surface area contributed by atoms with Crippen LogP contribution in [0, 0.1) is 0 Å². The molecule has 2 aliphatic carbocycles. The summed E-state index contributed by atoms with van der Waals surface area (Å²) in [4.78, 5) is 32.5. The third-order valence-corrected chi connectivity index (χ3v) is 8.95. The molecule has 2 aliphatic rings. The molecule has 2 aromatic heterocycles. The first-order valence-corrected chi connectivity index (χ1v) is 15.8. The average Bonchev–Trinajstić information content (AvgIpc) is 3.80. The fraction of sp³-hybridized carbons (Fsp3) is 0.406. The second kappa shape index (κ2) is 12.9. The first kappa shape index (κ1) is 28.1. The van der Waals surface area contributed by atoms with Crippen LogP contribution in [0.3, 0.4) is 0 Å². The summed E-state index contributed by atoms with van der Waals surface area (Å²) in [5, 5.41) is 18.1. The van der Waals surface area contributed by atoms with Crippen LogP contribution >= 0.6 is 11.3 Å². The van der Waals surface area contributed by atoms with Gasteiger partial charge in [0.05, 0.1) is 11.5 Å². The minimum atomic E-state index is -0.873. The molecule has 1 N–H and O–H groups in total. The van der Waals surface area contributed by atoms with Crippen LogP contribution < -0.4 is 15.0 Å². The number of rotatable bonds is 10. The second-order valence-electron chi connectivity index (χ2n) is 10.9. The monoisotopic (exact) mass is 584 g/mol. The number of anilines is 1. The summed E-state index contributed by atoms with van der Waals surface area (Å²) in [5.74, 6) is 0.741. The first-order chi connectivity index (χ1) is 20.6. The van der Waals surface area contributed by atoms with E-state index in [-0.39, 0.29) is 24.4 Å². The van der Waals surface area contributed by atoms with Gasteiger partial charge in [-0.15, -0.1) is 21.5 Å². The van der Waals surface area contributed by atoms with Gasteiger partial charge in [-0.1, -0.05) is 43.2 Å². The number of carbonyl (C=O) groups excluding carboxylic acids is 2. The number of nitrogens with zero attached hydrogens (tertiary/aromatic N) is 5. The lowest BCUT2D eigenvalue weighted by molar-refractivity contribution is -0.127. The normalized spacial score (nSPS) is 15.6. The van der Waals surface area contributed by atoms with E-state index in [1.807, 2.05) is 60.8 Å². The standard InChI is InChI=1S/C32H36N6O3S/c1-2-41-25-18-16-23(17-19-25)30(32(40)33-24-11-4-5-12-24)38(27-14-7-10-22-9-3-6-13-26(22)27)29(39)21-37-35-31(34-36-37)28-15-8-20-42-28/h7-8,10,14-20,24,30H,2-6,9,11-13,21H2,1H3,(H,33,40)/t30-/m1/s1. The highest BCUT2D eigenvalue weighted by Crippen LogP contribution is 2.36. The van der Waals surface area contributed by atoms with Crippen LogP contribution in [0.1, 0.15) is 68.2 Å². The predicted molar refractivity (Wildman–Crippen MR) is 162 cm³/mol. The Bertz CT molecular complexity index is 1510. The Kier molecular flexibility index (Phi) is 8.60. The number of amides is 2. The zero-order valence-corrected chi connectivity index (χ0v) is 24.7. The van der Waals surface area contributed by atoms with E-state index in [1.54, 1.807) is 4.90 Å². The Labute approximate surface area is 249 Å².